The minimum absolute atomic E-state index is 0.755. The smallest absolute Gasteiger partial charge is 0.198 e. The zero-order chi connectivity index (χ0) is 11.7. The van der Waals surface area contributed by atoms with E-state index in [0.29, 0.717) is 0 Å². The number of rotatable bonds is 3. The van der Waals surface area contributed by atoms with Crippen LogP contribution in [0.3, 0.4) is 0 Å². The molecule has 0 amide bonds. The predicted octanol–water partition coefficient (Wildman–Crippen LogP) is 2.78. The van der Waals surface area contributed by atoms with Crippen molar-refractivity contribution in [2.75, 3.05) is 12.9 Å². The largest absolute Gasteiger partial charge is 0.482 e. The van der Waals surface area contributed by atoms with Gasteiger partial charge in [-0.05, 0) is 30.7 Å². The molecular weight excluding hydrogens is 232 g/mol. The molecule has 0 bridgehead atoms. The van der Waals surface area contributed by atoms with E-state index in [1.807, 2.05) is 22.6 Å². The molecule has 0 N–H and O–H groups in total. The summed E-state index contributed by atoms with van der Waals surface area (Å²) in [5.74, 6) is 2.15. The van der Waals surface area contributed by atoms with Crippen LogP contribution in [0, 0.1) is 0 Å². The molecule has 1 aliphatic rings. The first-order valence-electron chi connectivity index (χ1n) is 5.99. The second kappa shape index (κ2) is 4.61. The Bertz CT molecular complexity index is 517. The lowest BCUT2D eigenvalue weighted by Gasteiger charge is -2.04. The third-order valence-corrected chi connectivity index (χ3v) is 4.57. The number of ether oxygens (including phenoxy) is 1. The molecule has 0 spiro atoms. The Hall–Kier alpha value is -1.16. The third kappa shape index (κ3) is 2.14. The van der Waals surface area contributed by atoms with Gasteiger partial charge in [0.05, 0.1) is 12.8 Å². The van der Waals surface area contributed by atoms with E-state index < -0.39 is 0 Å². The highest BCUT2D eigenvalue weighted by Crippen LogP contribution is 2.29. The van der Waals surface area contributed by atoms with Crippen molar-refractivity contribution in [1.29, 1.82) is 0 Å². The number of methoxy groups -OCH3 is 1. The fourth-order valence-corrected chi connectivity index (χ4v) is 3.63. The second-order valence-electron chi connectivity index (χ2n) is 4.37. The maximum atomic E-state index is 5.33. The number of aromatic nitrogens is 2. The van der Waals surface area contributed by atoms with Crippen LogP contribution in [0.1, 0.15) is 18.5 Å². The highest BCUT2D eigenvalue weighted by molar-refractivity contribution is 8.00. The topological polar surface area (TPSA) is 26.5 Å². The van der Waals surface area contributed by atoms with Gasteiger partial charge in [-0.2, -0.15) is 11.8 Å². The summed E-state index contributed by atoms with van der Waals surface area (Å²) in [6.07, 6.45) is 5.87. The van der Waals surface area contributed by atoms with Crippen LogP contribution in [0.2, 0.25) is 0 Å². The summed E-state index contributed by atoms with van der Waals surface area (Å²) in [7, 11) is 1.70. The zero-order valence-corrected chi connectivity index (χ0v) is 10.7. The maximum absolute atomic E-state index is 5.33. The summed E-state index contributed by atoms with van der Waals surface area (Å²) in [5, 5.41) is 0.755. The van der Waals surface area contributed by atoms with Gasteiger partial charge < -0.3 is 4.74 Å². The van der Waals surface area contributed by atoms with Crippen molar-refractivity contribution in [1.82, 2.24) is 9.38 Å². The molecule has 0 aliphatic carbocycles. The van der Waals surface area contributed by atoms with Gasteiger partial charge in [-0.25, -0.2) is 4.98 Å². The van der Waals surface area contributed by atoms with Crippen LogP contribution in [0.5, 0.6) is 5.88 Å². The van der Waals surface area contributed by atoms with E-state index in [0.717, 1.165) is 23.2 Å². The summed E-state index contributed by atoms with van der Waals surface area (Å²) in [6, 6.07) is 5.96. The molecule has 3 heterocycles. The van der Waals surface area contributed by atoms with E-state index in [2.05, 4.69) is 22.9 Å². The standard InChI is InChI=1S/C13H16N2OS/c1-16-13-6-2-5-12-14-10(9-15(12)13)8-11-4-3-7-17-11/h2,5-6,9,11H,3-4,7-8H2,1H3. The molecule has 2 aromatic rings. The van der Waals surface area contributed by atoms with E-state index in [9.17, 15) is 0 Å². The number of imidazole rings is 1. The molecule has 1 fully saturated rings. The molecule has 1 aliphatic heterocycles. The van der Waals surface area contributed by atoms with Crippen LogP contribution in [0.4, 0.5) is 0 Å². The average molecular weight is 248 g/mol. The Kier molecular flexibility index (Phi) is 2.97. The van der Waals surface area contributed by atoms with Crippen molar-refractivity contribution in [2.45, 2.75) is 24.5 Å². The number of hydrogen-bond acceptors (Lipinski definition) is 3. The quantitative estimate of drug-likeness (QED) is 0.835. The molecule has 0 aromatic carbocycles. The van der Waals surface area contributed by atoms with Crippen LogP contribution in [-0.2, 0) is 6.42 Å². The Morgan fingerprint density at radius 2 is 2.47 bits per heavy atom. The van der Waals surface area contributed by atoms with Crippen molar-refractivity contribution in [2.24, 2.45) is 0 Å². The molecule has 0 radical (unpaired) electrons. The first-order valence-corrected chi connectivity index (χ1v) is 7.04. The first kappa shape index (κ1) is 11.0. The van der Waals surface area contributed by atoms with Crippen LogP contribution >= 0.6 is 11.8 Å². The van der Waals surface area contributed by atoms with Gasteiger partial charge in [0, 0.05) is 17.9 Å². The minimum Gasteiger partial charge on any atom is -0.482 e. The molecule has 3 rings (SSSR count). The molecule has 90 valence electrons. The summed E-state index contributed by atoms with van der Waals surface area (Å²) >= 11 is 2.08. The molecule has 17 heavy (non-hydrogen) atoms. The normalized spacial score (nSPS) is 19.9. The third-order valence-electron chi connectivity index (χ3n) is 3.17. The van der Waals surface area contributed by atoms with Gasteiger partial charge >= 0.3 is 0 Å². The van der Waals surface area contributed by atoms with Crippen molar-refractivity contribution in [3.63, 3.8) is 0 Å². The fourth-order valence-electron chi connectivity index (χ4n) is 2.34. The van der Waals surface area contributed by atoms with Gasteiger partial charge in [0.1, 0.15) is 5.65 Å². The van der Waals surface area contributed by atoms with Gasteiger partial charge in [-0.15, -0.1) is 0 Å². The van der Waals surface area contributed by atoms with Gasteiger partial charge in [-0.3, -0.25) is 4.40 Å². The Balaban J connectivity index is 1.90. The van der Waals surface area contributed by atoms with Crippen LogP contribution < -0.4 is 4.74 Å². The van der Waals surface area contributed by atoms with Crippen molar-refractivity contribution < 1.29 is 4.74 Å². The molecule has 0 saturated carbocycles. The molecular formula is C13H16N2OS. The zero-order valence-electron chi connectivity index (χ0n) is 9.93. The molecule has 1 saturated heterocycles. The molecule has 2 aromatic heterocycles. The summed E-state index contributed by atoms with van der Waals surface area (Å²) in [5.41, 5.74) is 2.15. The number of thioether (sulfide) groups is 1. The monoisotopic (exact) mass is 248 g/mol. The lowest BCUT2D eigenvalue weighted by molar-refractivity contribution is 0.392. The van der Waals surface area contributed by atoms with Gasteiger partial charge in [0.15, 0.2) is 5.88 Å². The van der Waals surface area contributed by atoms with E-state index in [4.69, 9.17) is 4.74 Å². The van der Waals surface area contributed by atoms with E-state index >= 15 is 0 Å². The second-order valence-corrected chi connectivity index (χ2v) is 5.78. The highest BCUT2D eigenvalue weighted by Gasteiger charge is 2.17. The number of nitrogens with zero attached hydrogens (tertiary/aromatic N) is 2. The van der Waals surface area contributed by atoms with Crippen molar-refractivity contribution in [3.05, 3.63) is 30.1 Å². The fraction of sp³-hybridized carbons (Fsp3) is 0.462. The molecule has 4 heteroatoms. The van der Waals surface area contributed by atoms with Crippen LogP contribution in [0.15, 0.2) is 24.4 Å². The Morgan fingerprint density at radius 3 is 3.24 bits per heavy atom. The number of fused-ring (bicyclic) bond motifs is 1. The van der Waals surface area contributed by atoms with Gasteiger partial charge in [0.2, 0.25) is 0 Å². The van der Waals surface area contributed by atoms with Crippen molar-refractivity contribution in [3.8, 4) is 5.88 Å². The average Bonchev–Trinajstić information content (AvgIpc) is 2.97. The minimum atomic E-state index is 0.755. The van der Waals surface area contributed by atoms with E-state index in [1.54, 1.807) is 7.11 Å². The van der Waals surface area contributed by atoms with Gasteiger partial charge in [-0.1, -0.05) is 6.07 Å². The van der Waals surface area contributed by atoms with Crippen LogP contribution in [0.25, 0.3) is 5.65 Å². The van der Waals surface area contributed by atoms with E-state index in [-0.39, 0.29) is 0 Å². The predicted molar refractivity (Wildman–Crippen MR) is 70.9 cm³/mol. The molecule has 3 nitrogen and oxygen atoms in total. The summed E-state index contributed by atoms with van der Waals surface area (Å²) < 4.78 is 7.35. The van der Waals surface area contributed by atoms with Crippen molar-refractivity contribution >= 4 is 17.4 Å². The SMILES string of the molecule is COc1cccc2nc(CC3CCCS3)cn12. The van der Waals surface area contributed by atoms with Gasteiger partial charge in [0.25, 0.3) is 0 Å². The highest BCUT2D eigenvalue weighted by atomic mass is 32.2. The Labute approximate surface area is 105 Å². The summed E-state index contributed by atoms with van der Waals surface area (Å²) in [4.78, 5) is 4.65. The molecule has 1 unspecified atom stereocenters. The Morgan fingerprint density at radius 1 is 1.53 bits per heavy atom. The maximum Gasteiger partial charge on any atom is 0.198 e. The number of pyridine rings is 1. The lowest BCUT2D eigenvalue weighted by atomic mass is 10.2. The lowest BCUT2D eigenvalue weighted by Crippen LogP contribution is -2.01. The first-order chi connectivity index (χ1) is 8.36. The van der Waals surface area contributed by atoms with E-state index in [1.165, 1.54) is 24.3 Å². The van der Waals surface area contributed by atoms with Crippen LogP contribution in [-0.4, -0.2) is 27.5 Å². The summed E-state index contributed by atoms with van der Waals surface area (Å²) in [6.45, 7) is 0. The number of hydrogen-bond donors (Lipinski definition) is 0. The molecule has 1 atom stereocenters.